The number of hydrogen-bond acceptors (Lipinski definition) is 5. The number of nitrogens with zero attached hydrogens (tertiary/aromatic N) is 3. The van der Waals surface area contributed by atoms with Crippen LogP contribution in [0.25, 0.3) is 0 Å². The second kappa shape index (κ2) is 5.95. The topological polar surface area (TPSA) is 49.6 Å². The summed E-state index contributed by atoms with van der Waals surface area (Å²) >= 11 is 7.80. The van der Waals surface area contributed by atoms with Crippen LogP contribution in [0.4, 0.5) is 5.69 Å². The Kier molecular flexibility index (Phi) is 3.65. The predicted octanol–water partition coefficient (Wildman–Crippen LogP) is 4.23. The number of hydrogen-bond donors (Lipinski definition) is 1. The molecule has 3 aromatic rings. The van der Waals surface area contributed by atoms with Crippen molar-refractivity contribution in [3.63, 3.8) is 0 Å². The van der Waals surface area contributed by atoms with Crippen LogP contribution in [0.5, 0.6) is 0 Å². The predicted molar refractivity (Wildman–Crippen MR) is 95.0 cm³/mol. The van der Waals surface area contributed by atoms with E-state index in [0.29, 0.717) is 5.02 Å². The molecule has 0 spiro atoms. The van der Waals surface area contributed by atoms with Gasteiger partial charge in [0.1, 0.15) is 5.71 Å². The van der Waals surface area contributed by atoms with E-state index >= 15 is 0 Å². The molecular formula is C17H11ClN4S. The summed E-state index contributed by atoms with van der Waals surface area (Å²) < 4.78 is 0. The van der Waals surface area contributed by atoms with Gasteiger partial charge in [-0.3, -0.25) is 10.4 Å². The number of nitrogens with one attached hydrogen (secondary N) is 1. The summed E-state index contributed by atoms with van der Waals surface area (Å²) in [6.07, 6.45) is 3.49. The number of halogens is 1. The first-order valence-electron chi connectivity index (χ1n) is 6.98. The van der Waals surface area contributed by atoms with Crippen LogP contribution in [0.15, 0.2) is 70.3 Å². The fraction of sp³-hybridized carbons (Fsp3) is 0. The quantitative estimate of drug-likeness (QED) is 0.760. The van der Waals surface area contributed by atoms with Crippen LogP contribution in [0, 0.1) is 0 Å². The highest BCUT2D eigenvalue weighted by molar-refractivity contribution is 7.12. The third-order valence-corrected chi connectivity index (χ3v) is 4.54. The van der Waals surface area contributed by atoms with Gasteiger partial charge in [-0.05, 0) is 41.8 Å². The van der Waals surface area contributed by atoms with Crippen molar-refractivity contribution >= 4 is 40.2 Å². The summed E-state index contributed by atoms with van der Waals surface area (Å²) in [5.41, 5.74) is 6.56. The van der Waals surface area contributed by atoms with Crippen molar-refractivity contribution in [2.75, 3.05) is 0 Å². The minimum atomic E-state index is 0.653. The fourth-order valence-electron chi connectivity index (χ4n) is 2.36. The molecule has 1 N–H and O–H groups in total. The largest absolute Gasteiger partial charge is 0.265 e. The van der Waals surface area contributed by atoms with Gasteiger partial charge in [0, 0.05) is 28.5 Å². The van der Waals surface area contributed by atoms with Crippen molar-refractivity contribution in [2.24, 2.45) is 10.1 Å². The number of rotatable bonds is 2. The lowest BCUT2D eigenvalue weighted by molar-refractivity contribution is 1.03. The van der Waals surface area contributed by atoms with Gasteiger partial charge < -0.3 is 0 Å². The summed E-state index contributed by atoms with van der Waals surface area (Å²) in [6, 6.07) is 13.5. The van der Waals surface area contributed by atoms with E-state index in [1.807, 2.05) is 47.8 Å². The molecule has 4 nitrogen and oxygen atoms in total. The highest BCUT2D eigenvalue weighted by Crippen LogP contribution is 2.28. The summed E-state index contributed by atoms with van der Waals surface area (Å²) in [4.78, 5) is 9.82. The lowest BCUT2D eigenvalue weighted by atomic mass is 10.0. The first-order chi connectivity index (χ1) is 11.3. The minimum absolute atomic E-state index is 0.653. The van der Waals surface area contributed by atoms with Crippen LogP contribution >= 0.6 is 22.9 Å². The SMILES string of the molecule is Clc1ccc2c(c1)C(c1ccncc1)=NNC(c1cccs1)=N2. The smallest absolute Gasteiger partial charge is 0.164 e. The summed E-state index contributed by atoms with van der Waals surface area (Å²) in [5.74, 6) is 0.729. The molecule has 0 atom stereocenters. The molecule has 112 valence electrons. The second-order valence-corrected chi connectivity index (χ2v) is 6.29. The van der Waals surface area contributed by atoms with E-state index in [9.17, 15) is 0 Å². The molecule has 0 unspecified atom stereocenters. The molecule has 23 heavy (non-hydrogen) atoms. The molecule has 1 aromatic carbocycles. The normalized spacial score (nSPS) is 13.4. The molecule has 0 saturated carbocycles. The van der Waals surface area contributed by atoms with Gasteiger partial charge in [0.15, 0.2) is 5.84 Å². The molecule has 0 fully saturated rings. The van der Waals surface area contributed by atoms with Crippen molar-refractivity contribution < 1.29 is 0 Å². The Morgan fingerprint density at radius 1 is 1.04 bits per heavy atom. The van der Waals surface area contributed by atoms with E-state index in [-0.39, 0.29) is 0 Å². The zero-order valence-corrected chi connectivity index (χ0v) is 13.5. The van der Waals surface area contributed by atoms with E-state index in [0.717, 1.165) is 33.2 Å². The van der Waals surface area contributed by atoms with Gasteiger partial charge in [-0.2, -0.15) is 5.10 Å². The van der Waals surface area contributed by atoms with Gasteiger partial charge in [0.2, 0.25) is 0 Å². The van der Waals surface area contributed by atoms with E-state index in [4.69, 9.17) is 16.6 Å². The average molecular weight is 339 g/mol. The Bertz CT molecular complexity index is 902. The maximum absolute atomic E-state index is 6.18. The number of aliphatic imine (C=N–C) groups is 1. The number of aromatic nitrogens is 1. The molecule has 0 amide bonds. The van der Waals surface area contributed by atoms with E-state index in [2.05, 4.69) is 15.5 Å². The maximum atomic E-state index is 6.18. The molecule has 2 aromatic heterocycles. The standard InChI is InChI=1S/C17H11ClN4S/c18-12-3-4-14-13(10-12)16(11-5-7-19-8-6-11)21-22-17(20-14)15-2-1-9-23-15/h1-10H,(H,20,22). The highest BCUT2D eigenvalue weighted by atomic mass is 35.5. The van der Waals surface area contributed by atoms with Crippen molar-refractivity contribution in [1.29, 1.82) is 0 Å². The van der Waals surface area contributed by atoms with Gasteiger partial charge in [0.05, 0.1) is 10.6 Å². The first-order valence-corrected chi connectivity index (χ1v) is 8.23. The Balaban J connectivity index is 1.90. The lowest BCUT2D eigenvalue weighted by Crippen LogP contribution is -2.18. The van der Waals surface area contributed by atoms with Crippen LogP contribution in [-0.4, -0.2) is 16.5 Å². The number of amidine groups is 1. The number of thiophene rings is 1. The molecule has 6 heteroatoms. The fourth-order valence-corrected chi connectivity index (χ4v) is 3.20. The third kappa shape index (κ3) is 2.76. The Morgan fingerprint density at radius 3 is 2.70 bits per heavy atom. The number of pyridine rings is 1. The van der Waals surface area contributed by atoms with Crippen LogP contribution in [-0.2, 0) is 0 Å². The molecule has 0 aliphatic carbocycles. The van der Waals surface area contributed by atoms with Crippen molar-refractivity contribution in [1.82, 2.24) is 10.4 Å². The number of benzene rings is 1. The molecule has 0 bridgehead atoms. The second-order valence-electron chi connectivity index (χ2n) is 4.91. The Hall–Kier alpha value is -2.50. The minimum Gasteiger partial charge on any atom is -0.265 e. The molecule has 0 radical (unpaired) electrons. The van der Waals surface area contributed by atoms with E-state index in [1.54, 1.807) is 23.7 Å². The van der Waals surface area contributed by atoms with Gasteiger partial charge in [0.25, 0.3) is 0 Å². The summed E-state index contributed by atoms with van der Waals surface area (Å²) in [7, 11) is 0. The molecule has 1 aliphatic rings. The summed E-state index contributed by atoms with van der Waals surface area (Å²) in [5, 5.41) is 7.24. The molecule has 0 saturated heterocycles. The first kappa shape index (κ1) is 14.1. The average Bonchev–Trinajstić information content (AvgIpc) is 3.05. The zero-order chi connectivity index (χ0) is 15.6. The molecule has 3 heterocycles. The van der Waals surface area contributed by atoms with E-state index < -0.39 is 0 Å². The molecule has 4 rings (SSSR count). The van der Waals surface area contributed by atoms with Crippen LogP contribution in [0.2, 0.25) is 5.02 Å². The van der Waals surface area contributed by atoms with Gasteiger partial charge in [-0.15, -0.1) is 11.3 Å². The number of fused-ring (bicyclic) bond motifs is 1. The molecule has 1 aliphatic heterocycles. The van der Waals surface area contributed by atoms with Crippen molar-refractivity contribution in [3.8, 4) is 0 Å². The lowest BCUT2D eigenvalue weighted by Gasteiger charge is -2.07. The van der Waals surface area contributed by atoms with Crippen molar-refractivity contribution in [2.45, 2.75) is 0 Å². The Labute approximate surface area is 142 Å². The monoisotopic (exact) mass is 338 g/mol. The Morgan fingerprint density at radius 2 is 1.91 bits per heavy atom. The third-order valence-electron chi connectivity index (χ3n) is 3.43. The van der Waals surface area contributed by atoms with E-state index in [1.165, 1.54) is 0 Å². The van der Waals surface area contributed by atoms with Gasteiger partial charge in [-0.25, -0.2) is 4.99 Å². The van der Waals surface area contributed by atoms with Crippen LogP contribution in [0.3, 0.4) is 0 Å². The number of hydrazone groups is 1. The zero-order valence-electron chi connectivity index (χ0n) is 11.9. The van der Waals surface area contributed by atoms with Crippen LogP contribution in [0.1, 0.15) is 16.0 Å². The summed E-state index contributed by atoms with van der Waals surface area (Å²) in [6.45, 7) is 0. The van der Waals surface area contributed by atoms with Gasteiger partial charge in [-0.1, -0.05) is 17.7 Å². The maximum Gasteiger partial charge on any atom is 0.164 e. The molecular weight excluding hydrogens is 328 g/mol. The van der Waals surface area contributed by atoms with Crippen LogP contribution < -0.4 is 5.43 Å². The van der Waals surface area contributed by atoms with Gasteiger partial charge >= 0.3 is 0 Å². The highest BCUT2D eigenvalue weighted by Gasteiger charge is 2.17. The van der Waals surface area contributed by atoms with Crippen molar-refractivity contribution in [3.05, 3.63) is 81.3 Å².